The molecular formula is C40H39N5O5. The van der Waals surface area contributed by atoms with E-state index in [1.807, 2.05) is 97.9 Å². The van der Waals surface area contributed by atoms with Gasteiger partial charge in [0.15, 0.2) is 6.61 Å². The number of hydrogen-bond donors (Lipinski definition) is 3. The molecule has 0 fully saturated rings. The molecule has 5 aromatic carbocycles. The largest absolute Gasteiger partial charge is 0.484 e. The number of rotatable bonds is 13. The average molecular weight is 670 g/mol. The summed E-state index contributed by atoms with van der Waals surface area (Å²) < 4.78 is 5.88. The quantitative estimate of drug-likeness (QED) is 0.140. The summed E-state index contributed by atoms with van der Waals surface area (Å²) >= 11 is 0. The Morgan fingerprint density at radius 1 is 0.680 bits per heavy atom. The second kappa shape index (κ2) is 17.1. The highest BCUT2D eigenvalue weighted by atomic mass is 16.5. The van der Waals surface area contributed by atoms with Gasteiger partial charge in [-0.2, -0.15) is 0 Å². The molecule has 0 radical (unpaired) electrons. The third-order valence-electron chi connectivity index (χ3n) is 7.86. The topological polar surface area (TPSA) is 120 Å². The minimum Gasteiger partial charge on any atom is -0.484 e. The Kier molecular flexibility index (Phi) is 11.9. The maximum Gasteiger partial charge on any atom is 0.319 e. The summed E-state index contributed by atoms with van der Waals surface area (Å²) in [5.74, 6) is -0.903. The summed E-state index contributed by atoms with van der Waals surface area (Å²) in [5.41, 5.74) is 4.42. The van der Waals surface area contributed by atoms with E-state index in [4.69, 9.17) is 4.74 Å². The van der Waals surface area contributed by atoms with E-state index in [1.54, 1.807) is 55.6 Å². The maximum atomic E-state index is 13.6. The Balaban J connectivity index is 1.29. The summed E-state index contributed by atoms with van der Waals surface area (Å²) in [6.07, 6.45) is 0. The van der Waals surface area contributed by atoms with E-state index in [1.165, 1.54) is 9.80 Å². The molecule has 10 nitrogen and oxygen atoms in total. The molecule has 0 unspecified atom stereocenters. The van der Waals surface area contributed by atoms with Crippen LogP contribution in [0.2, 0.25) is 0 Å². The number of nitrogens with zero attached hydrogens (tertiary/aromatic N) is 2. The number of benzene rings is 5. The van der Waals surface area contributed by atoms with Crippen LogP contribution in [0.3, 0.4) is 0 Å². The Labute approximate surface area is 291 Å². The summed E-state index contributed by atoms with van der Waals surface area (Å²) in [5, 5.41) is 8.35. The molecule has 10 heteroatoms. The van der Waals surface area contributed by atoms with Crippen molar-refractivity contribution in [3.05, 3.63) is 156 Å². The van der Waals surface area contributed by atoms with E-state index in [-0.39, 0.29) is 37.6 Å². The first-order valence-electron chi connectivity index (χ1n) is 16.1. The number of likely N-dealkylation sites (N-methyl/N-ethyl adjacent to an activating group) is 1. The van der Waals surface area contributed by atoms with Crippen molar-refractivity contribution in [3.8, 4) is 5.75 Å². The number of ether oxygens (including phenoxy) is 1. The fraction of sp³-hybridized carbons (Fsp3) is 0.150. The molecule has 0 saturated heterocycles. The van der Waals surface area contributed by atoms with E-state index in [0.29, 0.717) is 22.8 Å². The van der Waals surface area contributed by atoms with Gasteiger partial charge in [0.25, 0.3) is 5.91 Å². The van der Waals surface area contributed by atoms with Gasteiger partial charge in [0.05, 0.1) is 12.6 Å². The van der Waals surface area contributed by atoms with Crippen molar-refractivity contribution in [3.63, 3.8) is 0 Å². The molecule has 50 heavy (non-hydrogen) atoms. The first kappa shape index (κ1) is 34.9. The van der Waals surface area contributed by atoms with Crippen LogP contribution in [0.15, 0.2) is 140 Å². The molecule has 0 aliphatic carbocycles. The van der Waals surface area contributed by atoms with Crippen LogP contribution in [0.25, 0.3) is 0 Å². The lowest BCUT2D eigenvalue weighted by molar-refractivity contribution is -0.123. The van der Waals surface area contributed by atoms with Gasteiger partial charge in [0.2, 0.25) is 11.8 Å². The number of amides is 5. The lowest BCUT2D eigenvalue weighted by atomic mass is 9.99. The molecule has 0 bridgehead atoms. The predicted octanol–water partition coefficient (Wildman–Crippen LogP) is 6.10. The molecule has 3 N–H and O–H groups in total. The molecule has 0 aromatic heterocycles. The van der Waals surface area contributed by atoms with Crippen LogP contribution in [0, 0.1) is 6.92 Å². The molecule has 0 aliphatic rings. The smallest absolute Gasteiger partial charge is 0.319 e. The van der Waals surface area contributed by atoms with E-state index < -0.39 is 11.9 Å². The molecule has 0 spiro atoms. The van der Waals surface area contributed by atoms with E-state index in [0.717, 1.165) is 16.7 Å². The lowest BCUT2D eigenvalue weighted by Gasteiger charge is -2.26. The normalized spacial score (nSPS) is 10.5. The van der Waals surface area contributed by atoms with Gasteiger partial charge in [-0.1, -0.05) is 97.1 Å². The summed E-state index contributed by atoms with van der Waals surface area (Å²) in [6, 6.07) is 41.3. The van der Waals surface area contributed by atoms with E-state index >= 15 is 0 Å². The van der Waals surface area contributed by atoms with Crippen LogP contribution in [-0.2, 0) is 14.4 Å². The fourth-order valence-electron chi connectivity index (χ4n) is 5.25. The number of aryl methyl sites for hydroxylation is 1. The Morgan fingerprint density at radius 2 is 1.28 bits per heavy atom. The minimum absolute atomic E-state index is 0.288. The first-order valence-corrected chi connectivity index (χ1v) is 16.1. The Hall–Kier alpha value is -6.42. The molecule has 0 aliphatic heterocycles. The van der Waals surface area contributed by atoms with Crippen molar-refractivity contribution in [1.82, 2.24) is 10.6 Å². The third kappa shape index (κ3) is 9.80. The summed E-state index contributed by atoms with van der Waals surface area (Å²) in [4.78, 5) is 55.6. The SMILES string of the molecule is Cc1cccc(NC(=O)NCC(=O)N(CC(=O)N(C)c2ccccc2)c2cccc(OCC(=O)NC(c3ccccc3)c3ccccc3)c2)c1. The van der Waals surface area contributed by atoms with Crippen LogP contribution in [0.4, 0.5) is 21.9 Å². The molecular weight excluding hydrogens is 630 g/mol. The Bertz CT molecular complexity index is 1860. The van der Waals surface area contributed by atoms with Gasteiger partial charge in [0, 0.05) is 30.2 Å². The highest BCUT2D eigenvalue weighted by Crippen LogP contribution is 2.24. The van der Waals surface area contributed by atoms with E-state index in [2.05, 4.69) is 16.0 Å². The molecule has 5 rings (SSSR count). The number of carbonyl (C=O) groups is 4. The van der Waals surface area contributed by atoms with Gasteiger partial charge in [0.1, 0.15) is 12.3 Å². The standard InChI is InChI=1S/C40H39N5O5/c1-29-14-12-19-32(24-29)42-40(49)41-26-37(47)45(27-38(48)44(2)33-20-10-5-11-21-33)34-22-13-23-35(25-34)50-28-36(46)43-39(30-15-6-3-7-16-30)31-17-8-4-9-18-31/h3-25,39H,26-28H2,1-2H3,(H,43,46)(H2,41,42,49). The zero-order valence-corrected chi connectivity index (χ0v) is 27.9. The second-order valence-electron chi connectivity index (χ2n) is 11.6. The van der Waals surface area contributed by atoms with Gasteiger partial charge >= 0.3 is 6.03 Å². The summed E-state index contributed by atoms with van der Waals surface area (Å²) in [7, 11) is 1.63. The summed E-state index contributed by atoms with van der Waals surface area (Å²) in [6.45, 7) is 0.924. The van der Waals surface area contributed by atoms with Gasteiger partial charge in [-0.25, -0.2) is 4.79 Å². The van der Waals surface area contributed by atoms with Crippen molar-refractivity contribution < 1.29 is 23.9 Å². The monoisotopic (exact) mass is 669 g/mol. The highest BCUT2D eigenvalue weighted by molar-refractivity contribution is 6.05. The van der Waals surface area contributed by atoms with Gasteiger partial charge in [-0.05, 0) is 60.0 Å². The number of anilines is 3. The van der Waals surface area contributed by atoms with Crippen molar-refractivity contribution in [2.75, 3.05) is 41.9 Å². The fourth-order valence-corrected chi connectivity index (χ4v) is 5.25. The lowest BCUT2D eigenvalue weighted by Crippen LogP contribution is -2.46. The van der Waals surface area contributed by atoms with Crippen LogP contribution in [0.5, 0.6) is 5.75 Å². The molecule has 5 aromatic rings. The minimum atomic E-state index is -0.566. The van der Waals surface area contributed by atoms with Crippen LogP contribution in [-0.4, -0.2) is 50.5 Å². The molecule has 0 atom stereocenters. The van der Waals surface area contributed by atoms with Gasteiger partial charge in [-0.15, -0.1) is 0 Å². The number of carbonyl (C=O) groups excluding carboxylic acids is 4. The van der Waals surface area contributed by atoms with Gasteiger partial charge < -0.3 is 30.5 Å². The van der Waals surface area contributed by atoms with Crippen molar-refractivity contribution >= 4 is 40.8 Å². The molecule has 254 valence electrons. The van der Waals surface area contributed by atoms with Crippen molar-refractivity contribution in [2.45, 2.75) is 13.0 Å². The van der Waals surface area contributed by atoms with Crippen LogP contribution in [0.1, 0.15) is 22.7 Å². The number of para-hydroxylation sites is 1. The molecule has 0 saturated carbocycles. The number of urea groups is 1. The zero-order chi connectivity index (χ0) is 35.3. The van der Waals surface area contributed by atoms with Crippen LogP contribution >= 0.6 is 0 Å². The number of nitrogens with one attached hydrogen (secondary N) is 3. The average Bonchev–Trinajstić information content (AvgIpc) is 3.15. The van der Waals surface area contributed by atoms with Crippen molar-refractivity contribution in [1.29, 1.82) is 0 Å². The zero-order valence-electron chi connectivity index (χ0n) is 27.9. The van der Waals surface area contributed by atoms with Crippen molar-refractivity contribution in [2.24, 2.45) is 0 Å². The second-order valence-corrected chi connectivity index (χ2v) is 11.6. The first-order chi connectivity index (χ1) is 24.3. The number of hydrogen-bond acceptors (Lipinski definition) is 5. The van der Waals surface area contributed by atoms with Crippen LogP contribution < -0.4 is 30.5 Å². The maximum absolute atomic E-state index is 13.6. The Morgan fingerprint density at radius 3 is 1.92 bits per heavy atom. The molecule has 0 heterocycles. The van der Waals surface area contributed by atoms with E-state index in [9.17, 15) is 19.2 Å². The third-order valence-corrected chi connectivity index (χ3v) is 7.86. The highest BCUT2D eigenvalue weighted by Gasteiger charge is 2.23. The molecule has 5 amide bonds. The predicted molar refractivity (Wildman–Crippen MR) is 195 cm³/mol. The van der Waals surface area contributed by atoms with Gasteiger partial charge in [-0.3, -0.25) is 14.4 Å².